The van der Waals surface area contributed by atoms with Crippen LogP contribution in [0.15, 0.2) is 51.9 Å². The van der Waals surface area contributed by atoms with Gasteiger partial charge in [0.25, 0.3) is 0 Å². The Bertz CT molecular complexity index is 1020. The summed E-state index contributed by atoms with van der Waals surface area (Å²) in [5.41, 5.74) is 2.70. The number of aromatic nitrogens is 1. The van der Waals surface area contributed by atoms with Crippen molar-refractivity contribution in [3.8, 4) is 28.1 Å². The quantitative estimate of drug-likeness (QED) is 0.772. The van der Waals surface area contributed by atoms with E-state index in [1.165, 1.54) is 7.11 Å². The van der Waals surface area contributed by atoms with Gasteiger partial charge in [-0.15, -0.1) is 0 Å². The van der Waals surface area contributed by atoms with Gasteiger partial charge in [0, 0.05) is 16.7 Å². The molecule has 130 valence electrons. The molecule has 1 aromatic heterocycles. The highest BCUT2D eigenvalue weighted by atomic mass is 32.2. The molecule has 0 aliphatic rings. The molecule has 0 saturated carbocycles. The number of nitrogens with zero attached hydrogens (tertiary/aromatic N) is 1. The third-order valence-corrected chi connectivity index (χ3v) is 5.09. The Hall–Kier alpha value is -2.64. The van der Waals surface area contributed by atoms with Gasteiger partial charge >= 0.3 is 0 Å². The third-order valence-electron chi connectivity index (χ3n) is 4.08. The van der Waals surface area contributed by atoms with Gasteiger partial charge in [0.15, 0.2) is 0 Å². The van der Waals surface area contributed by atoms with Gasteiger partial charge in [-0.2, -0.15) is 0 Å². The Kier molecular flexibility index (Phi) is 4.36. The van der Waals surface area contributed by atoms with Crippen LogP contribution in [0.2, 0.25) is 0 Å². The molecule has 0 bridgehead atoms. The lowest BCUT2D eigenvalue weighted by molar-refractivity contribution is 0.398. The van der Waals surface area contributed by atoms with Crippen molar-refractivity contribution in [3.63, 3.8) is 0 Å². The molecule has 0 aliphatic carbocycles. The lowest BCUT2D eigenvalue weighted by atomic mass is 9.99. The maximum atomic E-state index is 12.4. The first-order chi connectivity index (χ1) is 11.8. The number of aryl methyl sites for hydroxylation is 1. The van der Waals surface area contributed by atoms with Gasteiger partial charge in [0.2, 0.25) is 10.0 Å². The first-order valence-corrected chi connectivity index (χ1v) is 9.11. The number of rotatable bonds is 4. The average Bonchev–Trinajstić information content (AvgIpc) is 2.92. The number of hydrogen-bond donors (Lipinski definition) is 1. The molecular weight excluding hydrogens is 340 g/mol. The van der Waals surface area contributed by atoms with Crippen LogP contribution in [-0.2, 0) is 10.0 Å². The van der Waals surface area contributed by atoms with E-state index in [0.717, 1.165) is 5.56 Å². The zero-order valence-corrected chi connectivity index (χ0v) is 14.9. The van der Waals surface area contributed by atoms with Gasteiger partial charge in [0.05, 0.1) is 12.0 Å². The fourth-order valence-electron chi connectivity index (χ4n) is 2.70. The van der Waals surface area contributed by atoms with E-state index in [0.29, 0.717) is 33.9 Å². The van der Waals surface area contributed by atoms with E-state index >= 15 is 0 Å². The number of methoxy groups -OCH3 is 1. The Morgan fingerprint density at radius 3 is 2.24 bits per heavy atom. The van der Waals surface area contributed by atoms with Crippen molar-refractivity contribution in [3.05, 3.63) is 53.8 Å². The molecule has 0 radical (unpaired) electrons. The summed E-state index contributed by atoms with van der Waals surface area (Å²) in [4.78, 5) is -0.00380. The van der Waals surface area contributed by atoms with Crippen LogP contribution in [0, 0.1) is 13.8 Å². The van der Waals surface area contributed by atoms with Crippen LogP contribution >= 0.6 is 0 Å². The summed E-state index contributed by atoms with van der Waals surface area (Å²) in [5, 5.41) is 9.57. The average molecular weight is 358 g/mol. The first kappa shape index (κ1) is 17.2. The molecule has 0 aliphatic heterocycles. The molecule has 0 spiro atoms. The Morgan fingerprint density at radius 2 is 1.72 bits per heavy atom. The molecule has 3 rings (SSSR count). The SMILES string of the molecule is COc1cc(-c2ccccc2)c(S(N)(=O)=O)c(-c2noc(C)c2C)c1. The van der Waals surface area contributed by atoms with Crippen molar-refractivity contribution in [2.45, 2.75) is 18.7 Å². The largest absolute Gasteiger partial charge is 0.497 e. The molecule has 1 heterocycles. The van der Waals surface area contributed by atoms with Crippen molar-refractivity contribution in [2.75, 3.05) is 7.11 Å². The van der Waals surface area contributed by atoms with Gasteiger partial charge in [-0.1, -0.05) is 35.5 Å². The van der Waals surface area contributed by atoms with Crippen LogP contribution in [0.25, 0.3) is 22.4 Å². The number of sulfonamides is 1. The summed E-state index contributed by atoms with van der Waals surface area (Å²) < 4.78 is 35.4. The zero-order chi connectivity index (χ0) is 18.2. The second-order valence-electron chi connectivity index (χ2n) is 5.68. The summed E-state index contributed by atoms with van der Waals surface area (Å²) in [7, 11) is -2.51. The highest BCUT2D eigenvalue weighted by molar-refractivity contribution is 7.89. The molecule has 0 fully saturated rings. The monoisotopic (exact) mass is 358 g/mol. The van der Waals surface area contributed by atoms with E-state index < -0.39 is 10.0 Å². The minimum absolute atomic E-state index is 0.00380. The summed E-state index contributed by atoms with van der Waals surface area (Å²) in [5.74, 6) is 1.11. The van der Waals surface area contributed by atoms with E-state index in [-0.39, 0.29) is 4.90 Å². The molecule has 0 amide bonds. The van der Waals surface area contributed by atoms with E-state index in [1.807, 2.05) is 37.3 Å². The van der Waals surface area contributed by atoms with E-state index in [4.69, 9.17) is 14.4 Å². The van der Waals surface area contributed by atoms with Crippen molar-refractivity contribution >= 4 is 10.0 Å². The second kappa shape index (κ2) is 6.34. The number of benzene rings is 2. The van der Waals surface area contributed by atoms with Gasteiger partial charge in [-0.25, -0.2) is 13.6 Å². The molecule has 2 aromatic carbocycles. The van der Waals surface area contributed by atoms with Gasteiger partial charge in [-0.05, 0) is 31.5 Å². The van der Waals surface area contributed by atoms with Gasteiger partial charge < -0.3 is 9.26 Å². The smallest absolute Gasteiger partial charge is 0.239 e. The molecule has 3 aromatic rings. The van der Waals surface area contributed by atoms with Crippen molar-refractivity contribution in [1.82, 2.24) is 5.16 Å². The third kappa shape index (κ3) is 3.16. The van der Waals surface area contributed by atoms with Gasteiger partial charge in [-0.3, -0.25) is 0 Å². The van der Waals surface area contributed by atoms with E-state index in [1.54, 1.807) is 19.1 Å². The minimum Gasteiger partial charge on any atom is -0.497 e. The lowest BCUT2D eigenvalue weighted by Crippen LogP contribution is -2.15. The fourth-order valence-corrected chi connectivity index (χ4v) is 3.65. The Morgan fingerprint density at radius 1 is 1.08 bits per heavy atom. The normalized spacial score (nSPS) is 11.5. The van der Waals surface area contributed by atoms with Gasteiger partial charge in [0.1, 0.15) is 17.2 Å². The van der Waals surface area contributed by atoms with Crippen LogP contribution in [0.1, 0.15) is 11.3 Å². The van der Waals surface area contributed by atoms with Crippen LogP contribution < -0.4 is 9.88 Å². The Balaban J connectivity index is 2.44. The van der Waals surface area contributed by atoms with Crippen molar-refractivity contribution in [1.29, 1.82) is 0 Å². The Labute approximate surface area is 146 Å². The highest BCUT2D eigenvalue weighted by Crippen LogP contribution is 2.39. The topological polar surface area (TPSA) is 95.4 Å². The number of hydrogen-bond acceptors (Lipinski definition) is 5. The van der Waals surface area contributed by atoms with Crippen LogP contribution in [0.4, 0.5) is 0 Å². The maximum absolute atomic E-state index is 12.4. The van der Waals surface area contributed by atoms with Crippen molar-refractivity contribution < 1.29 is 17.7 Å². The van der Waals surface area contributed by atoms with E-state index in [2.05, 4.69) is 5.16 Å². The molecule has 0 atom stereocenters. The van der Waals surface area contributed by atoms with Crippen LogP contribution in [0.5, 0.6) is 5.75 Å². The summed E-state index contributed by atoms with van der Waals surface area (Å²) in [6.45, 7) is 3.58. The predicted octanol–water partition coefficient (Wildman–Crippen LogP) is 3.28. The highest BCUT2D eigenvalue weighted by Gasteiger charge is 2.26. The van der Waals surface area contributed by atoms with Crippen molar-refractivity contribution in [2.24, 2.45) is 5.14 Å². The maximum Gasteiger partial charge on any atom is 0.239 e. The zero-order valence-electron chi connectivity index (χ0n) is 14.1. The number of primary sulfonamides is 1. The first-order valence-electron chi connectivity index (χ1n) is 7.56. The fraction of sp³-hybridized carbons (Fsp3) is 0.167. The molecular formula is C18H18N2O4S. The lowest BCUT2D eigenvalue weighted by Gasteiger charge is -2.15. The summed E-state index contributed by atoms with van der Waals surface area (Å²) in [6, 6.07) is 12.4. The summed E-state index contributed by atoms with van der Waals surface area (Å²) in [6.07, 6.45) is 0. The predicted molar refractivity (Wildman–Crippen MR) is 94.8 cm³/mol. The molecule has 6 nitrogen and oxygen atoms in total. The van der Waals surface area contributed by atoms with Crippen LogP contribution in [0.3, 0.4) is 0 Å². The minimum atomic E-state index is -4.03. The molecule has 0 unspecified atom stereocenters. The van der Waals surface area contributed by atoms with Crippen LogP contribution in [-0.4, -0.2) is 20.7 Å². The molecule has 7 heteroatoms. The number of ether oxygens (including phenoxy) is 1. The molecule has 0 saturated heterocycles. The second-order valence-corrected chi connectivity index (χ2v) is 7.17. The number of nitrogens with two attached hydrogens (primary N) is 1. The standard InChI is InChI=1S/C18H18N2O4S/c1-11-12(2)24-20-17(11)16-10-14(23-3)9-15(18(16)25(19,21)22)13-7-5-4-6-8-13/h4-10H,1-3H3,(H2,19,21,22). The summed E-state index contributed by atoms with van der Waals surface area (Å²) >= 11 is 0. The molecule has 25 heavy (non-hydrogen) atoms. The molecule has 2 N–H and O–H groups in total. The van der Waals surface area contributed by atoms with E-state index in [9.17, 15) is 8.42 Å².